The van der Waals surface area contributed by atoms with Gasteiger partial charge in [0.05, 0.1) is 0 Å². The number of hydrogen-bond acceptors (Lipinski definition) is 3. The first-order chi connectivity index (χ1) is 2.56. The first-order valence-corrected chi connectivity index (χ1v) is 1.92. The van der Waals surface area contributed by atoms with E-state index in [2.05, 4.69) is 12.6 Å². The highest BCUT2D eigenvalue weighted by atomic mass is 32.1. The van der Waals surface area contributed by atoms with E-state index in [0.29, 0.717) is 6.29 Å². The van der Waals surface area contributed by atoms with E-state index in [1.54, 1.807) is 0 Å². The molecule has 0 saturated heterocycles. The lowest BCUT2D eigenvalue weighted by molar-refractivity contribution is -0.115. The van der Waals surface area contributed by atoms with Gasteiger partial charge in [-0.2, -0.15) is 0 Å². The van der Waals surface area contributed by atoms with Crippen LogP contribution < -0.4 is 0 Å². The molecule has 1 unspecified atom stereocenters. The average molecular weight is 106 g/mol. The van der Waals surface area contributed by atoms with Crippen LogP contribution >= 0.6 is 12.6 Å². The first-order valence-electron chi connectivity index (χ1n) is 1.47. The van der Waals surface area contributed by atoms with Crippen LogP contribution in [0.4, 0.5) is 0 Å². The molecular formula is C3H6O2S. The molecule has 0 heterocycles. The number of carbonyl (C=O) groups excluding carboxylic acids is 1. The number of carbonyl (C=O) groups is 1. The molecule has 36 valence electrons. The molecule has 2 nitrogen and oxygen atoms in total. The summed E-state index contributed by atoms with van der Waals surface area (Å²) in [5.41, 5.74) is 0. The van der Waals surface area contributed by atoms with Crippen molar-refractivity contribution in [3.63, 3.8) is 0 Å². The Morgan fingerprint density at radius 1 is 2.00 bits per heavy atom. The summed E-state index contributed by atoms with van der Waals surface area (Å²) in [5.74, 6) is 0. The molecule has 0 amide bonds. The summed E-state index contributed by atoms with van der Waals surface area (Å²) < 4.78 is 0. The Morgan fingerprint density at radius 2 is 2.17 bits per heavy atom. The minimum absolute atomic E-state index is 0.357. The van der Waals surface area contributed by atoms with E-state index in [4.69, 9.17) is 5.11 Å². The molecule has 0 aromatic carbocycles. The maximum Gasteiger partial charge on any atom is 0.161 e. The quantitative estimate of drug-likeness (QED) is 0.276. The highest BCUT2D eigenvalue weighted by Gasteiger charge is 2.08. The van der Waals surface area contributed by atoms with Crippen LogP contribution in [0.5, 0.6) is 0 Å². The summed E-state index contributed by atoms with van der Waals surface area (Å²) >= 11 is 3.44. The fourth-order valence-corrected chi connectivity index (χ4v) is 0. The van der Waals surface area contributed by atoms with Crippen molar-refractivity contribution in [3.8, 4) is 0 Å². The molecule has 6 heavy (non-hydrogen) atoms. The van der Waals surface area contributed by atoms with Gasteiger partial charge < -0.3 is 5.11 Å². The van der Waals surface area contributed by atoms with Gasteiger partial charge in [0.2, 0.25) is 0 Å². The second-order valence-corrected chi connectivity index (χ2v) is 2.12. The van der Waals surface area contributed by atoms with E-state index < -0.39 is 4.93 Å². The van der Waals surface area contributed by atoms with E-state index in [0.717, 1.165) is 0 Å². The second kappa shape index (κ2) is 1.62. The first kappa shape index (κ1) is 5.98. The van der Waals surface area contributed by atoms with Gasteiger partial charge in [0, 0.05) is 0 Å². The average Bonchev–Trinajstić information content (AvgIpc) is 1.35. The summed E-state index contributed by atoms with van der Waals surface area (Å²) in [5, 5.41) is 8.32. The summed E-state index contributed by atoms with van der Waals surface area (Å²) in [6.45, 7) is 1.29. The summed E-state index contributed by atoms with van der Waals surface area (Å²) in [6, 6.07) is 0. The molecule has 0 fully saturated rings. The molecule has 0 aliphatic carbocycles. The standard InChI is InChI=1S/C3H6O2S/c1-3(5,6)2-4/h2,5-6H,1H3. The van der Waals surface area contributed by atoms with Gasteiger partial charge in [0.15, 0.2) is 11.2 Å². The topological polar surface area (TPSA) is 37.3 Å². The third-order valence-electron chi connectivity index (χ3n) is 0.223. The number of thiol groups is 1. The monoisotopic (exact) mass is 106 g/mol. The van der Waals surface area contributed by atoms with E-state index in [-0.39, 0.29) is 0 Å². The van der Waals surface area contributed by atoms with Crippen LogP contribution in [-0.2, 0) is 4.79 Å². The van der Waals surface area contributed by atoms with Crippen LogP contribution in [0.1, 0.15) is 6.92 Å². The second-order valence-electron chi connectivity index (χ2n) is 1.21. The van der Waals surface area contributed by atoms with Crippen LogP contribution in [0, 0.1) is 0 Å². The molecule has 0 aliphatic heterocycles. The zero-order chi connectivity index (χ0) is 5.21. The Morgan fingerprint density at radius 3 is 2.17 bits per heavy atom. The van der Waals surface area contributed by atoms with E-state index in [9.17, 15) is 4.79 Å². The van der Waals surface area contributed by atoms with Gasteiger partial charge in [-0.1, -0.05) is 0 Å². The Bertz CT molecular complexity index is 54.3. The van der Waals surface area contributed by atoms with Crippen molar-refractivity contribution >= 4 is 18.9 Å². The summed E-state index contributed by atoms with van der Waals surface area (Å²) in [7, 11) is 0. The fourth-order valence-electron chi connectivity index (χ4n) is 0. The van der Waals surface area contributed by atoms with Gasteiger partial charge in [-0.25, -0.2) is 0 Å². The minimum atomic E-state index is -1.44. The van der Waals surface area contributed by atoms with Crippen LogP contribution in [-0.4, -0.2) is 16.3 Å². The van der Waals surface area contributed by atoms with Crippen molar-refractivity contribution in [2.45, 2.75) is 11.9 Å². The molecule has 1 N–H and O–H groups in total. The van der Waals surface area contributed by atoms with Gasteiger partial charge >= 0.3 is 0 Å². The Balaban J connectivity index is 3.45. The highest BCUT2D eigenvalue weighted by Crippen LogP contribution is 2.00. The SMILES string of the molecule is CC(O)(S)C=O. The Labute approximate surface area is 41.6 Å². The number of aldehydes is 1. The van der Waals surface area contributed by atoms with Crippen molar-refractivity contribution in [2.24, 2.45) is 0 Å². The Hall–Kier alpha value is -0.0200. The zero-order valence-corrected chi connectivity index (χ0v) is 4.27. The van der Waals surface area contributed by atoms with Crippen LogP contribution in [0.3, 0.4) is 0 Å². The molecule has 0 aromatic heterocycles. The minimum Gasteiger partial charge on any atom is -0.373 e. The molecule has 3 heteroatoms. The van der Waals surface area contributed by atoms with Crippen LogP contribution in [0.15, 0.2) is 0 Å². The lowest BCUT2D eigenvalue weighted by Crippen LogP contribution is -2.15. The molecule has 0 aromatic rings. The summed E-state index contributed by atoms with van der Waals surface area (Å²) in [4.78, 5) is 8.06. The molecule has 1 atom stereocenters. The van der Waals surface area contributed by atoms with Crippen molar-refractivity contribution in [3.05, 3.63) is 0 Å². The lowest BCUT2D eigenvalue weighted by Gasteiger charge is -2.01. The normalized spacial score (nSPS) is 19.2. The maximum absolute atomic E-state index is 9.50. The van der Waals surface area contributed by atoms with E-state index in [1.807, 2.05) is 0 Å². The van der Waals surface area contributed by atoms with E-state index in [1.165, 1.54) is 6.92 Å². The molecular weight excluding hydrogens is 100 g/mol. The fraction of sp³-hybridized carbons (Fsp3) is 0.667. The highest BCUT2D eigenvalue weighted by molar-refractivity contribution is 7.82. The number of hydrogen-bond donors (Lipinski definition) is 2. The van der Waals surface area contributed by atoms with Crippen LogP contribution in [0.2, 0.25) is 0 Å². The molecule has 0 spiro atoms. The number of rotatable bonds is 1. The molecule has 0 aliphatic rings. The predicted octanol–water partition coefficient (Wildman–Crippen LogP) is -0.176. The maximum atomic E-state index is 9.50. The van der Waals surface area contributed by atoms with Gasteiger partial charge in [-0.15, -0.1) is 12.6 Å². The van der Waals surface area contributed by atoms with Gasteiger partial charge in [-0.05, 0) is 6.92 Å². The zero-order valence-electron chi connectivity index (χ0n) is 3.38. The van der Waals surface area contributed by atoms with Gasteiger partial charge in [-0.3, -0.25) is 4.79 Å². The third kappa shape index (κ3) is 3.98. The smallest absolute Gasteiger partial charge is 0.161 e. The van der Waals surface area contributed by atoms with Crippen molar-refractivity contribution < 1.29 is 9.90 Å². The molecule has 0 rings (SSSR count). The van der Waals surface area contributed by atoms with Gasteiger partial charge in [0.25, 0.3) is 0 Å². The van der Waals surface area contributed by atoms with Crippen molar-refractivity contribution in [1.29, 1.82) is 0 Å². The molecule has 0 saturated carbocycles. The van der Waals surface area contributed by atoms with E-state index >= 15 is 0 Å². The van der Waals surface area contributed by atoms with Gasteiger partial charge in [0.1, 0.15) is 0 Å². The van der Waals surface area contributed by atoms with Crippen molar-refractivity contribution in [2.75, 3.05) is 0 Å². The number of aliphatic hydroxyl groups is 1. The molecule has 0 bridgehead atoms. The predicted molar refractivity (Wildman–Crippen MR) is 25.7 cm³/mol. The Kier molecular flexibility index (Phi) is 1.61. The lowest BCUT2D eigenvalue weighted by atomic mass is 10.5. The largest absolute Gasteiger partial charge is 0.373 e. The van der Waals surface area contributed by atoms with Crippen LogP contribution in [0.25, 0.3) is 0 Å². The van der Waals surface area contributed by atoms with Crippen molar-refractivity contribution in [1.82, 2.24) is 0 Å². The molecule has 0 radical (unpaired) electrons. The third-order valence-corrected chi connectivity index (χ3v) is 0.329. The summed E-state index contributed by atoms with van der Waals surface area (Å²) in [6.07, 6.45) is 0.357.